The van der Waals surface area contributed by atoms with Crippen LogP contribution in [0.4, 0.5) is 10.8 Å². The van der Waals surface area contributed by atoms with Gasteiger partial charge in [0.2, 0.25) is 11.0 Å². The second-order valence-corrected chi connectivity index (χ2v) is 8.31. The lowest BCUT2D eigenvalue weighted by molar-refractivity contribution is -0.115. The largest absolute Gasteiger partial charge is 0.495 e. The van der Waals surface area contributed by atoms with Crippen molar-refractivity contribution in [1.29, 1.82) is 0 Å². The van der Waals surface area contributed by atoms with Gasteiger partial charge >= 0.3 is 0 Å². The van der Waals surface area contributed by atoms with Crippen molar-refractivity contribution in [2.24, 2.45) is 0 Å². The highest BCUT2D eigenvalue weighted by Gasteiger charge is 2.23. The monoisotopic (exact) mass is 364 g/mol. The van der Waals surface area contributed by atoms with Crippen LogP contribution in [0.25, 0.3) is 0 Å². The molecule has 6 nitrogen and oxygen atoms in total. The van der Waals surface area contributed by atoms with E-state index in [2.05, 4.69) is 20.8 Å². The number of carbonyl (C=O) groups excluding carboxylic acids is 1. The summed E-state index contributed by atoms with van der Waals surface area (Å²) in [5, 5.41) is 15.0. The van der Waals surface area contributed by atoms with E-state index in [1.807, 2.05) is 32.0 Å². The van der Waals surface area contributed by atoms with Crippen molar-refractivity contribution in [3.63, 3.8) is 0 Å². The fourth-order valence-corrected chi connectivity index (χ4v) is 4.05. The number of nitrogens with one attached hydrogen (secondary N) is 2. The summed E-state index contributed by atoms with van der Waals surface area (Å²) in [5.74, 6) is 0.564. The normalized spacial score (nSPS) is 15.0. The van der Waals surface area contributed by atoms with E-state index in [9.17, 15) is 4.79 Å². The predicted octanol–water partition coefficient (Wildman–Crippen LogP) is 3.55. The zero-order chi connectivity index (χ0) is 17.1. The highest BCUT2D eigenvalue weighted by atomic mass is 32.2. The fourth-order valence-electron chi connectivity index (χ4n) is 2.08. The van der Waals surface area contributed by atoms with Crippen molar-refractivity contribution >= 4 is 39.8 Å². The Morgan fingerprint density at radius 2 is 2.21 bits per heavy atom. The maximum atomic E-state index is 12.4. The molecule has 1 aromatic carbocycles. The summed E-state index contributed by atoms with van der Waals surface area (Å²) < 4.78 is 6.08. The minimum absolute atomic E-state index is 0.0872. The molecule has 1 aliphatic rings. The van der Waals surface area contributed by atoms with Crippen LogP contribution in [0.15, 0.2) is 22.5 Å². The zero-order valence-corrected chi connectivity index (χ0v) is 15.5. The molecule has 1 fully saturated rings. The molecular formula is C16H20N4O2S2. The lowest BCUT2D eigenvalue weighted by atomic mass is 10.2. The molecule has 24 heavy (non-hydrogen) atoms. The Balaban J connectivity index is 1.60. The van der Waals surface area contributed by atoms with Gasteiger partial charge in [0.1, 0.15) is 5.75 Å². The summed E-state index contributed by atoms with van der Waals surface area (Å²) in [4.78, 5) is 12.4. The van der Waals surface area contributed by atoms with Crippen LogP contribution in [-0.4, -0.2) is 34.5 Å². The van der Waals surface area contributed by atoms with Crippen LogP contribution < -0.4 is 15.4 Å². The first-order valence-corrected chi connectivity index (χ1v) is 9.47. The topological polar surface area (TPSA) is 76.1 Å². The first kappa shape index (κ1) is 17.0. The molecule has 0 aliphatic heterocycles. The zero-order valence-electron chi connectivity index (χ0n) is 13.8. The number of carbonyl (C=O) groups is 1. The van der Waals surface area contributed by atoms with Crippen molar-refractivity contribution in [1.82, 2.24) is 10.2 Å². The van der Waals surface area contributed by atoms with Crippen molar-refractivity contribution in [3.8, 4) is 5.75 Å². The van der Waals surface area contributed by atoms with Gasteiger partial charge in [-0.1, -0.05) is 29.2 Å². The van der Waals surface area contributed by atoms with Gasteiger partial charge in [0.15, 0.2) is 4.34 Å². The Labute approximate surface area is 149 Å². The second kappa shape index (κ2) is 7.40. The van der Waals surface area contributed by atoms with Crippen LogP contribution >= 0.6 is 23.1 Å². The van der Waals surface area contributed by atoms with Crippen molar-refractivity contribution in [3.05, 3.63) is 23.8 Å². The van der Waals surface area contributed by atoms with Gasteiger partial charge in [-0.25, -0.2) is 0 Å². The Bertz CT molecular complexity index is 731. The van der Waals surface area contributed by atoms with Gasteiger partial charge in [0, 0.05) is 6.04 Å². The van der Waals surface area contributed by atoms with Crippen LogP contribution in [-0.2, 0) is 4.79 Å². The molecule has 0 bridgehead atoms. The summed E-state index contributed by atoms with van der Waals surface area (Å²) >= 11 is 2.90. The van der Waals surface area contributed by atoms with Gasteiger partial charge in [-0.3, -0.25) is 4.79 Å². The maximum absolute atomic E-state index is 12.4. The third kappa shape index (κ3) is 4.39. The number of aryl methyl sites for hydroxylation is 1. The number of benzene rings is 1. The number of hydrogen-bond acceptors (Lipinski definition) is 7. The number of hydrogen-bond donors (Lipinski definition) is 2. The molecule has 1 aliphatic carbocycles. The van der Waals surface area contributed by atoms with E-state index in [-0.39, 0.29) is 11.2 Å². The molecule has 1 amide bonds. The molecule has 0 unspecified atom stereocenters. The van der Waals surface area contributed by atoms with E-state index in [1.54, 1.807) is 7.11 Å². The minimum Gasteiger partial charge on any atom is -0.495 e. The molecule has 1 atom stereocenters. The van der Waals surface area contributed by atoms with Crippen LogP contribution in [0, 0.1) is 6.92 Å². The van der Waals surface area contributed by atoms with E-state index in [0.29, 0.717) is 17.5 Å². The predicted molar refractivity (Wildman–Crippen MR) is 98.2 cm³/mol. The lowest BCUT2D eigenvalue weighted by Gasteiger charge is -2.13. The Hall–Kier alpha value is -1.80. The van der Waals surface area contributed by atoms with Crippen LogP contribution in [0.2, 0.25) is 0 Å². The first-order chi connectivity index (χ1) is 11.5. The molecule has 8 heteroatoms. The number of ether oxygens (including phenoxy) is 1. The number of amides is 1. The summed E-state index contributed by atoms with van der Waals surface area (Å²) in [6.07, 6.45) is 2.39. The molecule has 1 heterocycles. The highest BCUT2D eigenvalue weighted by molar-refractivity contribution is 8.02. The standard InChI is InChI=1S/C16H20N4O2S2/c1-9-4-7-13(22-3)12(8-9)18-14(21)10(2)23-16-20-19-15(24-16)17-11-5-6-11/h4,7-8,10-11H,5-6H2,1-3H3,(H,17,19)(H,18,21)/t10-/m1/s1. The van der Waals surface area contributed by atoms with Gasteiger partial charge in [0.05, 0.1) is 18.0 Å². The van der Waals surface area contributed by atoms with E-state index in [4.69, 9.17) is 4.74 Å². The van der Waals surface area contributed by atoms with Gasteiger partial charge in [-0.15, -0.1) is 10.2 Å². The third-order valence-electron chi connectivity index (χ3n) is 3.57. The van der Waals surface area contributed by atoms with Crippen molar-refractivity contribution in [2.45, 2.75) is 42.3 Å². The van der Waals surface area contributed by atoms with Crippen LogP contribution in [0.1, 0.15) is 25.3 Å². The summed E-state index contributed by atoms with van der Waals surface area (Å²) in [7, 11) is 1.59. The number of aromatic nitrogens is 2. The first-order valence-electron chi connectivity index (χ1n) is 7.77. The van der Waals surface area contributed by atoms with Gasteiger partial charge < -0.3 is 15.4 Å². The van der Waals surface area contributed by atoms with E-state index in [0.717, 1.165) is 15.0 Å². The molecule has 1 saturated carbocycles. The molecule has 2 N–H and O–H groups in total. The average Bonchev–Trinajstić information content (AvgIpc) is 3.26. The van der Waals surface area contributed by atoms with Gasteiger partial charge in [-0.05, 0) is 44.4 Å². The van der Waals surface area contributed by atoms with E-state index < -0.39 is 0 Å². The molecule has 1 aromatic heterocycles. The summed E-state index contributed by atoms with van der Waals surface area (Å²) in [6.45, 7) is 3.83. The van der Waals surface area contributed by atoms with Crippen molar-refractivity contribution < 1.29 is 9.53 Å². The van der Waals surface area contributed by atoms with Crippen LogP contribution in [0.3, 0.4) is 0 Å². The molecule has 2 aromatic rings. The molecule has 3 rings (SSSR count). The molecule has 128 valence electrons. The Morgan fingerprint density at radius 3 is 2.92 bits per heavy atom. The van der Waals surface area contributed by atoms with Crippen LogP contribution in [0.5, 0.6) is 5.75 Å². The Morgan fingerprint density at radius 1 is 1.42 bits per heavy atom. The fraction of sp³-hybridized carbons (Fsp3) is 0.438. The molecular weight excluding hydrogens is 344 g/mol. The summed E-state index contributed by atoms with van der Waals surface area (Å²) in [5.41, 5.74) is 1.75. The Kier molecular flexibility index (Phi) is 5.25. The third-order valence-corrected chi connectivity index (χ3v) is 5.61. The summed E-state index contributed by atoms with van der Waals surface area (Å²) in [6, 6.07) is 6.24. The maximum Gasteiger partial charge on any atom is 0.237 e. The molecule has 0 saturated heterocycles. The highest BCUT2D eigenvalue weighted by Crippen LogP contribution is 2.33. The van der Waals surface area contributed by atoms with E-state index >= 15 is 0 Å². The molecule has 0 radical (unpaired) electrons. The van der Waals surface area contributed by atoms with E-state index in [1.165, 1.54) is 35.9 Å². The average molecular weight is 364 g/mol. The second-order valence-electron chi connectivity index (χ2n) is 5.74. The van der Waals surface area contributed by atoms with Crippen molar-refractivity contribution in [2.75, 3.05) is 17.7 Å². The number of anilines is 2. The quantitative estimate of drug-likeness (QED) is 0.732. The number of methoxy groups -OCH3 is 1. The number of rotatable bonds is 7. The lowest BCUT2D eigenvalue weighted by Crippen LogP contribution is -2.22. The smallest absolute Gasteiger partial charge is 0.237 e. The number of nitrogens with zero attached hydrogens (tertiary/aromatic N) is 2. The number of thioether (sulfide) groups is 1. The SMILES string of the molecule is COc1ccc(C)cc1NC(=O)[C@@H](C)Sc1nnc(NC2CC2)s1. The van der Waals surface area contributed by atoms with Gasteiger partial charge in [-0.2, -0.15) is 0 Å². The van der Waals surface area contributed by atoms with Gasteiger partial charge in [0.25, 0.3) is 0 Å². The molecule has 0 spiro atoms. The minimum atomic E-state index is -0.281.